The summed E-state index contributed by atoms with van der Waals surface area (Å²) < 4.78 is 4.78. The van der Waals surface area contributed by atoms with Crippen LogP contribution >= 0.6 is 0 Å². The van der Waals surface area contributed by atoms with Crippen molar-refractivity contribution in [3.63, 3.8) is 0 Å². The number of aldehydes is 2. The lowest BCUT2D eigenvalue weighted by Crippen LogP contribution is -2.46. The fourth-order valence-corrected chi connectivity index (χ4v) is 1.39. The maximum absolute atomic E-state index is 10.2. The molecular weight excluding hydrogens is 312 g/mol. The molecule has 0 aromatic heterocycles. The number of carbonyl (C=O) groups excluding carboxylic acids is 2. The molecule has 0 aliphatic carbocycles. The summed E-state index contributed by atoms with van der Waals surface area (Å²) in [6, 6.07) is 4.41. The molecule has 0 saturated heterocycles. The summed E-state index contributed by atoms with van der Waals surface area (Å²) in [5, 5.41) is 52.6. The normalized spacial score (nSPS) is 15.4. The molecule has 6 N–H and O–H groups in total. The van der Waals surface area contributed by atoms with Crippen LogP contribution in [0.1, 0.15) is 10.4 Å². The van der Waals surface area contributed by atoms with Crippen molar-refractivity contribution in [3.05, 3.63) is 23.8 Å². The summed E-state index contributed by atoms with van der Waals surface area (Å²) in [5.41, 5.74) is 0.486. The zero-order valence-corrected chi connectivity index (χ0v) is 12.3. The molecule has 1 aromatic carbocycles. The van der Waals surface area contributed by atoms with Gasteiger partial charge in [-0.2, -0.15) is 0 Å². The molecule has 9 heteroatoms. The summed E-state index contributed by atoms with van der Waals surface area (Å²) in [6.45, 7) is -0.760. The predicted octanol–water partition coefficient (Wildman–Crippen LogP) is -2.17. The van der Waals surface area contributed by atoms with Crippen LogP contribution in [0.2, 0.25) is 0 Å². The standard InChI is InChI=1S/C8H8O3.C6H12O6/c1-11-8-4-6(5-9)2-3-7(8)10;7-1-3(9)5(11)6(12)4(10)2-8/h2-5,10H,1H3;1,3-6,8-12H,2H2. The Morgan fingerprint density at radius 1 is 1.13 bits per heavy atom. The Kier molecular flexibility index (Phi) is 9.70. The zero-order valence-electron chi connectivity index (χ0n) is 12.3. The van der Waals surface area contributed by atoms with Crippen LogP contribution in [-0.2, 0) is 4.79 Å². The molecule has 0 radical (unpaired) electrons. The molecule has 0 spiro atoms. The molecule has 1 aromatic rings. The fraction of sp³-hybridized carbons (Fsp3) is 0.429. The van der Waals surface area contributed by atoms with Gasteiger partial charge in [-0.15, -0.1) is 0 Å². The Labute approximate surface area is 132 Å². The number of hydrogen-bond donors (Lipinski definition) is 6. The summed E-state index contributed by atoms with van der Waals surface area (Å²) >= 11 is 0. The lowest BCUT2D eigenvalue weighted by Gasteiger charge is -2.22. The second-order valence-electron chi connectivity index (χ2n) is 4.41. The molecule has 23 heavy (non-hydrogen) atoms. The van der Waals surface area contributed by atoms with E-state index in [0.717, 1.165) is 0 Å². The minimum Gasteiger partial charge on any atom is -0.504 e. The second kappa shape index (κ2) is 10.6. The molecule has 0 bridgehead atoms. The van der Waals surface area contributed by atoms with Gasteiger partial charge >= 0.3 is 0 Å². The van der Waals surface area contributed by atoms with E-state index in [2.05, 4.69) is 0 Å². The largest absolute Gasteiger partial charge is 0.504 e. The topological polar surface area (TPSA) is 165 Å². The van der Waals surface area contributed by atoms with Crippen LogP contribution in [0.15, 0.2) is 18.2 Å². The van der Waals surface area contributed by atoms with Gasteiger partial charge in [-0.1, -0.05) is 0 Å². The van der Waals surface area contributed by atoms with Gasteiger partial charge in [0.05, 0.1) is 13.7 Å². The highest BCUT2D eigenvalue weighted by molar-refractivity contribution is 5.76. The average Bonchev–Trinajstić information content (AvgIpc) is 2.59. The van der Waals surface area contributed by atoms with Crippen LogP contribution in [0, 0.1) is 0 Å². The Morgan fingerprint density at radius 3 is 2.17 bits per heavy atom. The number of ether oxygens (including phenoxy) is 1. The molecule has 9 nitrogen and oxygen atoms in total. The van der Waals surface area contributed by atoms with Crippen molar-refractivity contribution >= 4 is 12.6 Å². The van der Waals surface area contributed by atoms with Crippen LogP contribution in [0.4, 0.5) is 0 Å². The summed E-state index contributed by atoms with van der Waals surface area (Å²) in [4.78, 5) is 20.1. The Hall–Kier alpha value is -2.04. The van der Waals surface area contributed by atoms with Gasteiger partial charge in [0.25, 0.3) is 0 Å². The summed E-state index contributed by atoms with van der Waals surface area (Å²) in [7, 11) is 1.43. The first-order chi connectivity index (χ1) is 10.8. The molecule has 0 heterocycles. The number of aliphatic hydroxyl groups is 5. The van der Waals surface area contributed by atoms with Crippen LogP contribution in [0.25, 0.3) is 0 Å². The van der Waals surface area contributed by atoms with Gasteiger partial charge in [-0.25, -0.2) is 0 Å². The van der Waals surface area contributed by atoms with E-state index in [1.807, 2.05) is 0 Å². The molecule has 0 saturated carbocycles. The SMILES string of the molecule is COc1cc(C=O)ccc1O.O=CC(O)C(O)C(O)C(O)CO. The van der Waals surface area contributed by atoms with Gasteiger partial charge in [0.1, 0.15) is 30.7 Å². The van der Waals surface area contributed by atoms with Crippen LogP contribution < -0.4 is 4.74 Å². The third kappa shape index (κ3) is 6.72. The number of methoxy groups -OCH3 is 1. The minimum atomic E-state index is -1.79. The highest BCUT2D eigenvalue weighted by Gasteiger charge is 2.29. The van der Waals surface area contributed by atoms with Crippen molar-refractivity contribution in [2.75, 3.05) is 13.7 Å². The summed E-state index contributed by atoms with van der Waals surface area (Å²) in [6.07, 6.45) is -6.14. The fourth-order valence-electron chi connectivity index (χ4n) is 1.39. The number of hydrogen-bond acceptors (Lipinski definition) is 9. The van der Waals surface area contributed by atoms with E-state index in [4.69, 9.17) is 35.4 Å². The monoisotopic (exact) mass is 332 g/mol. The number of phenols is 1. The maximum atomic E-state index is 10.2. The lowest BCUT2D eigenvalue weighted by molar-refractivity contribution is -0.136. The quantitative estimate of drug-likeness (QED) is 0.305. The minimum absolute atomic E-state index is 0.0258. The average molecular weight is 332 g/mol. The number of carbonyl (C=O) groups is 2. The van der Waals surface area contributed by atoms with Gasteiger partial charge in [0, 0.05) is 5.56 Å². The number of benzene rings is 1. The Balaban J connectivity index is 0.000000422. The molecule has 0 aliphatic rings. The molecule has 0 fully saturated rings. The van der Waals surface area contributed by atoms with Gasteiger partial charge < -0.3 is 40.2 Å². The van der Waals surface area contributed by atoms with Gasteiger partial charge in [-0.05, 0) is 18.2 Å². The van der Waals surface area contributed by atoms with E-state index in [0.29, 0.717) is 17.6 Å². The zero-order chi connectivity index (χ0) is 18.0. The van der Waals surface area contributed by atoms with Crippen LogP contribution in [0.3, 0.4) is 0 Å². The molecule has 4 atom stereocenters. The lowest BCUT2D eigenvalue weighted by atomic mass is 10.0. The van der Waals surface area contributed by atoms with Gasteiger partial charge in [-0.3, -0.25) is 4.79 Å². The van der Waals surface area contributed by atoms with Crippen molar-refractivity contribution in [1.82, 2.24) is 0 Å². The maximum Gasteiger partial charge on any atom is 0.161 e. The molecule has 1 rings (SSSR count). The van der Waals surface area contributed by atoms with Crippen molar-refractivity contribution in [1.29, 1.82) is 0 Å². The second-order valence-corrected chi connectivity index (χ2v) is 4.41. The highest BCUT2D eigenvalue weighted by Crippen LogP contribution is 2.25. The van der Waals surface area contributed by atoms with Crippen LogP contribution in [0.5, 0.6) is 11.5 Å². The van der Waals surface area contributed by atoms with E-state index in [9.17, 15) is 9.59 Å². The Bertz CT molecular complexity index is 491. The van der Waals surface area contributed by atoms with Crippen molar-refractivity contribution < 1.29 is 45.0 Å². The van der Waals surface area contributed by atoms with Crippen molar-refractivity contribution in [2.45, 2.75) is 24.4 Å². The Morgan fingerprint density at radius 2 is 1.74 bits per heavy atom. The first kappa shape index (κ1) is 21.0. The van der Waals surface area contributed by atoms with Crippen molar-refractivity contribution in [3.8, 4) is 11.5 Å². The third-order valence-electron chi connectivity index (χ3n) is 2.76. The number of phenolic OH excluding ortho intramolecular Hbond substituents is 1. The molecule has 4 unspecified atom stereocenters. The molecule has 0 amide bonds. The van der Waals surface area contributed by atoms with E-state index >= 15 is 0 Å². The molecule has 0 aliphatic heterocycles. The molecular formula is C14H20O9. The highest BCUT2D eigenvalue weighted by atomic mass is 16.5. The first-order valence-electron chi connectivity index (χ1n) is 6.42. The van der Waals surface area contributed by atoms with E-state index in [-0.39, 0.29) is 12.0 Å². The third-order valence-corrected chi connectivity index (χ3v) is 2.76. The van der Waals surface area contributed by atoms with Gasteiger partial charge in [0.2, 0.25) is 0 Å². The van der Waals surface area contributed by atoms with Gasteiger partial charge in [0.15, 0.2) is 17.8 Å². The smallest absolute Gasteiger partial charge is 0.161 e. The predicted molar refractivity (Wildman–Crippen MR) is 77.2 cm³/mol. The van der Waals surface area contributed by atoms with E-state index in [1.54, 1.807) is 0 Å². The van der Waals surface area contributed by atoms with Crippen molar-refractivity contribution in [2.24, 2.45) is 0 Å². The number of aromatic hydroxyl groups is 1. The van der Waals surface area contributed by atoms with E-state index in [1.165, 1.54) is 25.3 Å². The van der Waals surface area contributed by atoms with E-state index < -0.39 is 31.0 Å². The first-order valence-corrected chi connectivity index (χ1v) is 6.42. The number of aliphatic hydroxyl groups excluding tert-OH is 5. The van der Waals surface area contributed by atoms with Crippen LogP contribution in [-0.4, -0.2) is 81.3 Å². The molecule has 130 valence electrons. The number of rotatable bonds is 7. The summed E-state index contributed by atoms with van der Waals surface area (Å²) in [5.74, 6) is 0.354.